The van der Waals surface area contributed by atoms with Crippen LogP contribution in [0.25, 0.3) is 6.08 Å². The van der Waals surface area contributed by atoms with E-state index in [0.717, 1.165) is 0 Å². The minimum Gasteiger partial charge on any atom is -0.507 e. The Balaban J connectivity index is 2.33. The van der Waals surface area contributed by atoms with Crippen LogP contribution in [0.15, 0.2) is 18.2 Å². The zero-order valence-corrected chi connectivity index (χ0v) is 20.5. The summed E-state index contributed by atoms with van der Waals surface area (Å²) in [6.07, 6.45) is 1.70. The first-order valence-corrected chi connectivity index (χ1v) is 13.4. The molecule has 3 unspecified atom stereocenters. The molecule has 8 nitrogen and oxygen atoms in total. The van der Waals surface area contributed by atoms with Gasteiger partial charge in [-0.05, 0) is 46.7 Å². The molecule has 30 heavy (non-hydrogen) atoms. The highest BCUT2D eigenvalue weighted by molar-refractivity contribution is 14.2. The van der Waals surface area contributed by atoms with Crippen LogP contribution < -0.4 is 4.74 Å². The molecule has 0 bridgehead atoms. The molecule has 0 spiro atoms. The van der Waals surface area contributed by atoms with Crippen molar-refractivity contribution in [2.45, 2.75) is 36.2 Å². The number of rotatable bonds is 10. The summed E-state index contributed by atoms with van der Waals surface area (Å²) in [6, 6.07) is 2.89. The number of methoxy groups -OCH3 is 1. The van der Waals surface area contributed by atoms with Gasteiger partial charge in [0, 0.05) is 11.8 Å². The number of hydrogen-bond acceptors (Lipinski definition) is 10. The molecule has 1 aliphatic heterocycles. The normalized spacial score (nSPS) is 21.7. The Morgan fingerprint density at radius 1 is 1.47 bits per heavy atom. The number of phenolic OH excluding ortho intramolecular Hbond substituents is 1. The quantitative estimate of drug-likeness (QED) is 0.126. The van der Waals surface area contributed by atoms with E-state index in [-0.39, 0.29) is 29.8 Å². The van der Waals surface area contributed by atoms with Crippen LogP contribution >= 0.6 is 41.9 Å². The average molecular weight is 572 g/mol. The number of aliphatic hydroxyl groups is 1. The number of hydrogen-bond donors (Lipinski definition) is 3. The number of benzene rings is 1. The van der Waals surface area contributed by atoms with E-state index < -0.39 is 23.1 Å². The fraction of sp³-hybridized carbons (Fsp3) is 0.526. The molecule has 0 radical (unpaired) electrons. The number of thioether (sulfide) groups is 1. The maximum absolute atomic E-state index is 12.5. The van der Waals surface area contributed by atoms with Gasteiger partial charge in [-0.2, -0.15) is 0 Å². The molecule has 1 fully saturated rings. The number of aromatic hydroxyl groups is 1. The van der Waals surface area contributed by atoms with Crippen LogP contribution in [0.4, 0.5) is 0 Å². The van der Waals surface area contributed by atoms with E-state index >= 15 is 0 Å². The van der Waals surface area contributed by atoms with E-state index in [1.807, 2.05) is 13.8 Å². The third kappa shape index (κ3) is 6.65. The molecule has 1 aromatic carbocycles. The Morgan fingerprint density at radius 3 is 2.80 bits per heavy atom. The van der Waals surface area contributed by atoms with Crippen LogP contribution in [0, 0.1) is 0 Å². The van der Waals surface area contributed by atoms with E-state index in [1.54, 1.807) is 6.07 Å². The van der Waals surface area contributed by atoms with Gasteiger partial charge in [-0.25, -0.2) is 9.68 Å². The van der Waals surface area contributed by atoms with E-state index in [2.05, 4.69) is 26.1 Å². The topological polar surface area (TPSA) is 115 Å². The number of carbonyl (C=O) groups is 1. The minimum atomic E-state index is -0.832. The highest BCUT2D eigenvalue weighted by Gasteiger charge is 2.44. The fourth-order valence-electron chi connectivity index (χ4n) is 3.02. The van der Waals surface area contributed by atoms with Gasteiger partial charge >= 0.3 is 5.97 Å². The summed E-state index contributed by atoms with van der Waals surface area (Å²) >= 11 is 3.52. The van der Waals surface area contributed by atoms with Crippen molar-refractivity contribution < 1.29 is 39.4 Å². The van der Waals surface area contributed by atoms with Crippen LogP contribution in [-0.4, -0.2) is 69.9 Å². The average Bonchev–Trinajstić information content (AvgIpc) is 3.02. The van der Waals surface area contributed by atoms with Gasteiger partial charge in [0.15, 0.2) is 0 Å². The summed E-state index contributed by atoms with van der Waals surface area (Å²) in [4.78, 5) is 16.6. The Morgan fingerprint density at radius 2 is 2.20 bits per heavy atom. The van der Waals surface area contributed by atoms with E-state index in [4.69, 9.17) is 14.2 Å². The Labute approximate surface area is 195 Å². The first-order valence-electron chi connectivity index (χ1n) is 9.02. The summed E-state index contributed by atoms with van der Waals surface area (Å²) in [5.41, 5.74) is 0.321. The highest BCUT2D eigenvalue weighted by Crippen LogP contribution is 2.43. The van der Waals surface area contributed by atoms with E-state index in [9.17, 15) is 20.3 Å². The lowest BCUT2D eigenvalue weighted by Crippen LogP contribution is -2.34. The number of ether oxygens (including phenoxy) is 3. The van der Waals surface area contributed by atoms with Crippen LogP contribution in [0.1, 0.15) is 29.8 Å². The molecule has 2 rings (SSSR count). The van der Waals surface area contributed by atoms with Crippen molar-refractivity contribution in [1.29, 1.82) is 0 Å². The molecule has 1 heterocycles. The summed E-state index contributed by atoms with van der Waals surface area (Å²) in [6.45, 7) is 3.69. The molecule has 1 aromatic rings. The third-order valence-electron chi connectivity index (χ3n) is 4.27. The largest absolute Gasteiger partial charge is 0.507 e. The van der Waals surface area contributed by atoms with Crippen molar-refractivity contribution in [2.75, 3.05) is 26.1 Å². The van der Waals surface area contributed by atoms with Crippen LogP contribution in [0.5, 0.6) is 11.5 Å². The monoisotopic (exact) mass is 572 g/mol. The second kappa shape index (κ2) is 11.8. The maximum atomic E-state index is 12.5. The lowest BCUT2D eigenvalue weighted by atomic mass is 10.0. The zero-order chi connectivity index (χ0) is 22.3. The van der Waals surface area contributed by atoms with Crippen molar-refractivity contribution in [3.8, 4) is 11.5 Å². The van der Waals surface area contributed by atoms with Gasteiger partial charge in [0.1, 0.15) is 34.7 Å². The third-order valence-corrected chi connectivity index (χ3v) is 7.42. The van der Waals surface area contributed by atoms with Crippen molar-refractivity contribution >= 4 is 53.9 Å². The van der Waals surface area contributed by atoms with Gasteiger partial charge in [-0.1, -0.05) is 21.1 Å². The lowest BCUT2D eigenvalue weighted by molar-refractivity contribution is -0.268. The number of halogens is 1. The molecular weight excluding hydrogens is 547 g/mol. The summed E-state index contributed by atoms with van der Waals surface area (Å²) in [5, 5.41) is 29.0. The molecule has 11 heteroatoms. The number of aliphatic hydroxyl groups excluding tert-OH is 1. The van der Waals surface area contributed by atoms with Crippen LogP contribution in [-0.2, 0) is 14.4 Å². The van der Waals surface area contributed by atoms with Crippen LogP contribution in [0.2, 0.25) is 0 Å². The molecule has 168 valence electrons. The number of phenols is 1. The lowest BCUT2D eigenvalue weighted by Gasteiger charge is -2.20. The second-order valence-corrected chi connectivity index (χ2v) is 11.1. The summed E-state index contributed by atoms with van der Waals surface area (Å²) in [5.74, 6) is 0.0117. The summed E-state index contributed by atoms with van der Waals surface area (Å²) < 4.78 is 16.2. The van der Waals surface area contributed by atoms with Gasteiger partial charge in [-0.15, -0.1) is 11.8 Å². The van der Waals surface area contributed by atoms with Crippen LogP contribution in [0.3, 0.4) is 0 Å². The first kappa shape index (κ1) is 25.6. The minimum absolute atomic E-state index is 0.0171. The molecule has 0 saturated carbocycles. The van der Waals surface area contributed by atoms with Gasteiger partial charge in [0.25, 0.3) is 0 Å². The molecule has 0 amide bonds. The smallest absolute Gasteiger partial charge is 0.342 e. The predicted octanol–water partition coefficient (Wildman–Crippen LogP) is 3.74. The molecule has 1 aliphatic rings. The van der Waals surface area contributed by atoms with Gasteiger partial charge in [0.05, 0.1) is 25.1 Å². The fourth-order valence-corrected chi connectivity index (χ4v) is 5.11. The Bertz CT molecular complexity index is 758. The van der Waals surface area contributed by atoms with Crippen molar-refractivity contribution in [2.24, 2.45) is 0 Å². The van der Waals surface area contributed by atoms with E-state index in [1.165, 1.54) is 46.0 Å². The molecular formula is C19H25IO8S2. The molecule has 0 aromatic heterocycles. The highest BCUT2D eigenvalue weighted by atomic mass is 127. The first-order chi connectivity index (χ1) is 14.3. The van der Waals surface area contributed by atoms with Crippen molar-refractivity contribution in [3.05, 3.63) is 29.3 Å². The predicted molar refractivity (Wildman–Crippen MR) is 125 cm³/mol. The Hall–Kier alpha value is -0.700. The zero-order valence-electron chi connectivity index (χ0n) is 16.7. The van der Waals surface area contributed by atoms with Gasteiger partial charge < -0.3 is 24.4 Å². The van der Waals surface area contributed by atoms with Crippen molar-refractivity contribution in [3.63, 3.8) is 0 Å². The number of esters is 1. The SMILES string of the molecule is COc1cc(O)c(C(=O)OCCSI)c(/C=C/C(OO)C2SC(C)(C)OC2CO)c1. The number of carbonyl (C=O) groups excluding carboxylic acids is 1. The van der Waals surface area contributed by atoms with Gasteiger partial charge in [-0.3, -0.25) is 5.26 Å². The summed E-state index contributed by atoms with van der Waals surface area (Å²) in [7, 11) is 2.95. The van der Waals surface area contributed by atoms with E-state index in [0.29, 0.717) is 17.1 Å². The molecule has 3 atom stereocenters. The molecule has 1 saturated heterocycles. The van der Waals surface area contributed by atoms with Crippen molar-refractivity contribution in [1.82, 2.24) is 0 Å². The molecule has 0 aliphatic carbocycles. The maximum Gasteiger partial charge on any atom is 0.342 e. The standard InChI is InChI=1S/C19H25IO8S2/c1-19(2)27-15(10-21)17(30-19)14(28-24)5-4-11-8-12(25-3)9-13(22)16(11)18(23)26-6-7-29-20/h4-5,8-9,14-15,17,21-22,24H,6-7,10H2,1-3H3/b5-4+. The Kier molecular flexibility index (Phi) is 10.0. The second-order valence-electron chi connectivity index (χ2n) is 6.81. The molecule has 3 N–H and O–H groups in total. The van der Waals surface area contributed by atoms with Gasteiger partial charge in [0.2, 0.25) is 0 Å².